The van der Waals surface area contributed by atoms with E-state index in [4.69, 9.17) is 6.57 Å². The summed E-state index contributed by atoms with van der Waals surface area (Å²) in [4.78, 5) is 8.47. The number of nitriles is 1. The Hall–Kier alpha value is -6.62. The lowest BCUT2D eigenvalue weighted by Gasteiger charge is -2.32. The van der Waals surface area contributed by atoms with Crippen LogP contribution in [0.1, 0.15) is 78.5 Å². The standard InChI is InChI=1S/C52H46N4/c1-31(2)43-18-20-45-50(55(39-14-10-37(30-53)11-15-39)41-24-33(5)22-34(6)25-41)29-48-47(32(3)4)28-49(46-21-19-44(43)51(45)52(46)48)56(40-16-12-38(54-9)13-17-40)42-26-35(7)23-36(8)27-42/h10-29,31-32H,1-8H3. The van der Waals surface area contributed by atoms with Gasteiger partial charge in [0.05, 0.1) is 29.6 Å². The van der Waals surface area contributed by atoms with Gasteiger partial charge in [0, 0.05) is 33.5 Å². The molecule has 0 aliphatic heterocycles. The van der Waals surface area contributed by atoms with Gasteiger partial charge < -0.3 is 9.80 Å². The molecule has 0 aromatic heterocycles. The van der Waals surface area contributed by atoms with Gasteiger partial charge in [0.2, 0.25) is 0 Å². The molecule has 56 heavy (non-hydrogen) atoms. The van der Waals surface area contributed by atoms with Crippen molar-refractivity contribution in [1.82, 2.24) is 0 Å². The first-order valence-corrected chi connectivity index (χ1v) is 19.5. The van der Waals surface area contributed by atoms with E-state index in [0.717, 1.165) is 34.1 Å². The van der Waals surface area contributed by atoms with E-state index in [1.54, 1.807) is 0 Å². The molecule has 0 heterocycles. The minimum Gasteiger partial charge on any atom is -0.310 e. The molecule has 0 bridgehead atoms. The van der Waals surface area contributed by atoms with Gasteiger partial charge in [-0.15, -0.1) is 0 Å². The minimum absolute atomic E-state index is 0.214. The van der Waals surface area contributed by atoms with Crippen molar-refractivity contribution < 1.29 is 0 Å². The van der Waals surface area contributed by atoms with E-state index >= 15 is 0 Å². The highest BCUT2D eigenvalue weighted by atomic mass is 15.2. The summed E-state index contributed by atoms with van der Waals surface area (Å²) < 4.78 is 0. The lowest BCUT2D eigenvalue weighted by molar-refractivity contribution is 0.875. The molecule has 0 spiro atoms. The van der Waals surface area contributed by atoms with Crippen LogP contribution in [0.2, 0.25) is 0 Å². The maximum absolute atomic E-state index is 9.72. The van der Waals surface area contributed by atoms with E-state index in [1.165, 1.54) is 65.7 Å². The van der Waals surface area contributed by atoms with E-state index in [-0.39, 0.29) is 5.92 Å². The molecule has 0 atom stereocenters. The third kappa shape index (κ3) is 6.28. The summed E-state index contributed by atoms with van der Waals surface area (Å²) in [6.45, 7) is 25.4. The maximum atomic E-state index is 9.72. The van der Waals surface area contributed by atoms with Crippen molar-refractivity contribution in [1.29, 1.82) is 5.26 Å². The van der Waals surface area contributed by atoms with Gasteiger partial charge in [0.1, 0.15) is 0 Å². The Kier molecular flexibility index (Phi) is 9.24. The molecule has 8 aromatic rings. The average molecular weight is 727 g/mol. The van der Waals surface area contributed by atoms with Crippen molar-refractivity contribution in [3.63, 3.8) is 0 Å². The molecule has 0 saturated heterocycles. The van der Waals surface area contributed by atoms with Crippen LogP contribution >= 0.6 is 0 Å². The summed E-state index contributed by atoms with van der Waals surface area (Å²) >= 11 is 0. The number of rotatable bonds is 8. The van der Waals surface area contributed by atoms with Crippen LogP contribution in [0.4, 0.5) is 39.8 Å². The van der Waals surface area contributed by atoms with Crippen LogP contribution in [-0.4, -0.2) is 0 Å². The molecule has 4 nitrogen and oxygen atoms in total. The Morgan fingerprint density at radius 1 is 0.482 bits per heavy atom. The molecule has 0 unspecified atom stereocenters. The summed E-state index contributed by atoms with van der Waals surface area (Å²) in [5, 5.41) is 17.1. The zero-order valence-corrected chi connectivity index (χ0v) is 33.5. The zero-order valence-electron chi connectivity index (χ0n) is 33.5. The SMILES string of the molecule is [C-]#[N+]c1ccc(N(c2cc(C)cc(C)c2)c2cc(C(C)C)c3cc(N(c4ccc(C#N)cc4)c4cc(C)cc(C)c4)c4ccc(C(C)C)c5ccc2c3c54)cc1. The van der Waals surface area contributed by atoms with Crippen LogP contribution in [0.3, 0.4) is 0 Å². The van der Waals surface area contributed by atoms with Crippen LogP contribution in [-0.2, 0) is 0 Å². The second kappa shape index (κ2) is 14.2. The van der Waals surface area contributed by atoms with Crippen molar-refractivity contribution in [2.75, 3.05) is 9.80 Å². The third-order valence-electron chi connectivity index (χ3n) is 11.1. The first kappa shape index (κ1) is 36.4. The summed E-state index contributed by atoms with van der Waals surface area (Å²) in [5.74, 6) is 0.541. The van der Waals surface area contributed by atoms with E-state index in [9.17, 15) is 5.26 Å². The number of nitrogens with zero attached hydrogens (tertiary/aromatic N) is 4. The first-order chi connectivity index (χ1) is 26.9. The number of aryl methyl sites for hydroxylation is 4. The number of hydrogen-bond acceptors (Lipinski definition) is 3. The van der Waals surface area contributed by atoms with E-state index in [0.29, 0.717) is 17.2 Å². The highest BCUT2D eigenvalue weighted by molar-refractivity contribution is 6.30. The van der Waals surface area contributed by atoms with Crippen LogP contribution < -0.4 is 9.80 Å². The largest absolute Gasteiger partial charge is 0.310 e. The molecule has 0 saturated carbocycles. The van der Waals surface area contributed by atoms with Gasteiger partial charge in [-0.25, -0.2) is 4.85 Å². The Bertz CT molecular complexity index is 2820. The summed E-state index contributed by atoms with van der Waals surface area (Å²) in [6.07, 6.45) is 0. The molecular formula is C52H46N4. The second-order valence-corrected chi connectivity index (χ2v) is 16.0. The van der Waals surface area contributed by atoms with E-state index in [1.807, 2.05) is 24.3 Å². The fraction of sp³-hybridized carbons (Fsp3) is 0.192. The van der Waals surface area contributed by atoms with Crippen LogP contribution in [0, 0.1) is 45.6 Å². The monoisotopic (exact) mass is 726 g/mol. The molecule has 274 valence electrons. The highest BCUT2D eigenvalue weighted by Crippen LogP contribution is 2.51. The van der Waals surface area contributed by atoms with Crippen molar-refractivity contribution in [3.8, 4) is 6.07 Å². The lowest BCUT2D eigenvalue weighted by atomic mass is 9.84. The number of benzene rings is 8. The molecule has 8 rings (SSSR count). The summed E-state index contributed by atoms with van der Waals surface area (Å²) in [5.41, 5.74) is 15.1. The number of hydrogen-bond donors (Lipinski definition) is 0. The predicted molar refractivity (Wildman–Crippen MR) is 238 cm³/mol. The Morgan fingerprint density at radius 2 is 0.929 bits per heavy atom. The molecule has 0 fully saturated rings. The van der Waals surface area contributed by atoms with Gasteiger partial charge in [-0.05, 0) is 167 Å². The van der Waals surface area contributed by atoms with Gasteiger partial charge >= 0.3 is 0 Å². The molecule has 4 heteroatoms. The second-order valence-electron chi connectivity index (χ2n) is 16.0. The molecular weight excluding hydrogens is 681 g/mol. The van der Waals surface area contributed by atoms with Gasteiger partial charge in [-0.1, -0.05) is 76.2 Å². The molecule has 0 aliphatic rings. The minimum atomic E-state index is 0.214. The van der Waals surface area contributed by atoms with Crippen molar-refractivity contribution >= 4 is 72.1 Å². The van der Waals surface area contributed by atoms with Crippen molar-refractivity contribution in [2.24, 2.45) is 0 Å². The van der Waals surface area contributed by atoms with Crippen molar-refractivity contribution in [3.05, 3.63) is 172 Å². The van der Waals surface area contributed by atoms with Crippen LogP contribution in [0.25, 0.3) is 37.2 Å². The van der Waals surface area contributed by atoms with Crippen molar-refractivity contribution in [2.45, 2.75) is 67.2 Å². The van der Waals surface area contributed by atoms with Gasteiger partial charge in [-0.3, -0.25) is 0 Å². The van der Waals surface area contributed by atoms with Crippen LogP contribution in [0.15, 0.2) is 121 Å². The predicted octanol–water partition coefficient (Wildman–Crippen LogP) is 15.4. The summed E-state index contributed by atoms with van der Waals surface area (Å²) in [6, 6.07) is 45.9. The Labute approximate surface area is 331 Å². The van der Waals surface area contributed by atoms with Gasteiger partial charge in [-0.2, -0.15) is 5.26 Å². The smallest absolute Gasteiger partial charge is 0.187 e. The quantitative estimate of drug-likeness (QED) is 0.115. The molecule has 0 amide bonds. The fourth-order valence-corrected chi connectivity index (χ4v) is 8.72. The lowest BCUT2D eigenvalue weighted by Crippen LogP contribution is -2.13. The normalized spacial score (nSPS) is 11.5. The van der Waals surface area contributed by atoms with E-state index < -0.39 is 0 Å². The fourth-order valence-electron chi connectivity index (χ4n) is 8.72. The first-order valence-electron chi connectivity index (χ1n) is 19.5. The van der Waals surface area contributed by atoms with Crippen LogP contribution in [0.5, 0.6) is 0 Å². The third-order valence-corrected chi connectivity index (χ3v) is 11.1. The Morgan fingerprint density at radius 3 is 1.41 bits per heavy atom. The topological polar surface area (TPSA) is 34.6 Å². The van der Waals surface area contributed by atoms with Gasteiger partial charge in [0.25, 0.3) is 0 Å². The number of anilines is 6. The summed E-state index contributed by atoms with van der Waals surface area (Å²) in [7, 11) is 0. The van der Waals surface area contributed by atoms with Gasteiger partial charge in [0.15, 0.2) is 5.69 Å². The maximum Gasteiger partial charge on any atom is 0.187 e. The molecule has 0 aliphatic carbocycles. The highest BCUT2D eigenvalue weighted by Gasteiger charge is 2.26. The Balaban J connectivity index is 1.53. The molecule has 0 N–H and O–H groups in total. The molecule has 8 aromatic carbocycles. The molecule has 0 radical (unpaired) electrons. The zero-order chi connectivity index (χ0) is 39.4. The van der Waals surface area contributed by atoms with E-state index in [2.05, 4.69) is 173 Å². The average Bonchev–Trinajstić information content (AvgIpc) is 3.17.